The molecule has 1 aromatic carbocycles. The zero-order valence-electron chi connectivity index (χ0n) is 9.69. The van der Waals surface area contributed by atoms with Crippen LogP contribution in [0.5, 0.6) is 0 Å². The molecule has 0 spiro atoms. The summed E-state index contributed by atoms with van der Waals surface area (Å²) in [5.74, 6) is -0.762. The van der Waals surface area contributed by atoms with Gasteiger partial charge in [-0.25, -0.2) is 8.78 Å². The van der Waals surface area contributed by atoms with E-state index < -0.39 is 11.6 Å². The van der Waals surface area contributed by atoms with Crippen LogP contribution in [0.2, 0.25) is 0 Å². The van der Waals surface area contributed by atoms with Crippen LogP contribution in [-0.4, -0.2) is 6.54 Å². The molecule has 1 nitrogen and oxygen atoms in total. The van der Waals surface area contributed by atoms with Gasteiger partial charge < -0.3 is 5.32 Å². The first-order chi connectivity index (χ1) is 7.63. The van der Waals surface area contributed by atoms with Crippen molar-refractivity contribution in [3.8, 4) is 0 Å². The SMILES string of the molecule is CCCC1NCC(C)c2c(F)cc(F)cc21. The minimum Gasteiger partial charge on any atom is -0.309 e. The predicted molar refractivity (Wildman–Crippen MR) is 60.4 cm³/mol. The van der Waals surface area contributed by atoms with E-state index >= 15 is 0 Å². The zero-order valence-corrected chi connectivity index (χ0v) is 9.69. The molecule has 2 unspecified atom stereocenters. The van der Waals surface area contributed by atoms with Crippen LogP contribution in [0.15, 0.2) is 12.1 Å². The quantitative estimate of drug-likeness (QED) is 0.812. The van der Waals surface area contributed by atoms with Gasteiger partial charge in [-0.05, 0) is 29.5 Å². The number of fused-ring (bicyclic) bond motifs is 1. The fraction of sp³-hybridized carbons (Fsp3) is 0.538. The Morgan fingerprint density at radius 3 is 2.81 bits per heavy atom. The van der Waals surface area contributed by atoms with E-state index in [1.807, 2.05) is 6.92 Å². The van der Waals surface area contributed by atoms with Gasteiger partial charge in [0.1, 0.15) is 11.6 Å². The second kappa shape index (κ2) is 4.50. The summed E-state index contributed by atoms with van der Waals surface area (Å²) in [4.78, 5) is 0. The van der Waals surface area contributed by atoms with Crippen LogP contribution in [0.3, 0.4) is 0 Å². The Morgan fingerprint density at radius 1 is 1.38 bits per heavy atom. The van der Waals surface area contributed by atoms with Gasteiger partial charge in [0.25, 0.3) is 0 Å². The number of hydrogen-bond acceptors (Lipinski definition) is 1. The van der Waals surface area contributed by atoms with Crippen LogP contribution in [0.1, 0.15) is 49.8 Å². The molecule has 0 bridgehead atoms. The molecule has 0 amide bonds. The third-order valence-electron chi connectivity index (χ3n) is 3.24. The molecule has 0 saturated heterocycles. The third-order valence-corrected chi connectivity index (χ3v) is 3.24. The average molecular weight is 225 g/mol. The van der Waals surface area contributed by atoms with E-state index in [2.05, 4.69) is 12.2 Å². The number of hydrogen-bond donors (Lipinski definition) is 1. The van der Waals surface area contributed by atoms with Gasteiger partial charge in [0.15, 0.2) is 0 Å². The topological polar surface area (TPSA) is 12.0 Å². The lowest BCUT2D eigenvalue weighted by molar-refractivity contribution is 0.422. The number of rotatable bonds is 2. The Bertz CT molecular complexity index is 390. The lowest BCUT2D eigenvalue weighted by Crippen LogP contribution is -2.32. The molecule has 0 aromatic heterocycles. The molecular formula is C13H17F2N. The minimum atomic E-state index is -0.478. The molecule has 0 aliphatic carbocycles. The van der Waals surface area contributed by atoms with E-state index in [0.29, 0.717) is 5.56 Å². The van der Waals surface area contributed by atoms with E-state index in [1.54, 1.807) is 0 Å². The Hall–Kier alpha value is -0.960. The first-order valence-electron chi connectivity index (χ1n) is 5.85. The molecule has 16 heavy (non-hydrogen) atoms. The monoisotopic (exact) mass is 225 g/mol. The van der Waals surface area contributed by atoms with E-state index in [9.17, 15) is 8.78 Å². The van der Waals surface area contributed by atoms with Gasteiger partial charge in [-0.3, -0.25) is 0 Å². The Balaban J connectivity index is 2.47. The summed E-state index contributed by atoms with van der Waals surface area (Å²) < 4.78 is 27.0. The van der Waals surface area contributed by atoms with E-state index in [4.69, 9.17) is 0 Å². The van der Waals surface area contributed by atoms with Crippen LogP contribution in [0, 0.1) is 11.6 Å². The highest BCUT2D eigenvalue weighted by molar-refractivity contribution is 5.37. The second-order valence-electron chi connectivity index (χ2n) is 4.54. The maximum atomic E-state index is 13.7. The maximum absolute atomic E-state index is 13.7. The van der Waals surface area contributed by atoms with Crippen LogP contribution in [0.4, 0.5) is 8.78 Å². The Labute approximate surface area is 94.9 Å². The van der Waals surface area contributed by atoms with Gasteiger partial charge in [-0.2, -0.15) is 0 Å². The smallest absolute Gasteiger partial charge is 0.129 e. The molecule has 1 aliphatic rings. The van der Waals surface area contributed by atoms with Crippen molar-refractivity contribution < 1.29 is 8.78 Å². The number of nitrogens with one attached hydrogen (secondary N) is 1. The van der Waals surface area contributed by atoms with Crippen LogP contribution < -0.4 is 5.32 Å². The van der Waals surface area contributed by atoms with Crippen molar-refractivity contribution in [3.63, 3.8) is 0 Å². The van der Waals surface area contributed by atoms with Crippen molar-refractivity contribution >= 4 is 0 Å². The molecule has 2 atom stereocenters. The summed E-state index contributed by atoms with van der Waals surface area (Å²) >= 11 is 0. The summed E-state index contributed by atoms with van der Waals surface area (Å²) in [5.41, 5.74) is 1.50. The summed E-state index contributed by atoms with van der Waals surface area (Å²) in [7, 11) is 0. The van der Waals surface area contributed by atoms with Crippen LogP contribution >= 0.6 is 0 Å². The molecule has 2 rings (SSSR count). The molecule has 0 radical (unpaired) electrons. The van der Waals surface area contributed by atoms with Crippen molar-refractivity contribution in [3.05, 3.63) is 34.9 Å². The molecule has 1 aliphatic heterocycles. The molecule has 3 heteroatoms. The number of halogens is 2. The molecule has 0 saturated carbocycles. The summed E-state index contributed by atoms with van der Waals surface area (Å²) in [5, 5.41) is 3.35. The van der Waals surface area contributed by atoms with Crippen molar-refractivity contribution in [2.75, 3.05) is 6.54 Å². The summed E-state index contributed by atoms with van der Waals surface area (Å²) in [6.07, 6.45) is 1.92. The highest BCUT2D eigenvalue weighted by Gasteiger charge is 2.27. The minimum absolute atomic E-state index is 0.0985. The van der Waals surface area contributed by atoms with Crippen LogP contribution in [-0.2, 0) is 0 Å². The first-order valence-corrected chi connectivity index (χ1v) is 5.85. The van der Waals surface area contributed by atoms with Gasteiger partial charge in [-0.15, -0.1) is 0 Å². The van der Waals surface area contributed by atoms with Gasteiger partial charge in [0, 0.05) is 18.7 Å². The van der Waals surface area contributed by atoms with Gasteiger partial charge in [-0.1, -0.05) is 20.3 Å². The predicted octanol–water partition coefficient (Wildman–Crippen LogP) is 3.51. The summed E-state index contributed by atoms with van der Waals surface area (Å²) in [6.45, 7) is 4.81. The maximum Gasteiger partial charge on any atom is 0.129 e. The summed E-state index contributed by atoms with van der Waals surface area (Å²) in [6, 6.07) is 2.56. The van der Waals surface area contributed by atoms with Crippen molar-refractivity contribution in [1.29, 1.82) is 0 Å². The van der Waals surface area contributed by atoms with E-state index in [0.717, 1.165) is 31.0 Å². The van der Waals surface area contributed by atoms with Gasteiger partial charge in [0.2, 0.25) is 0 Å². The normalized spacial score (nSPS) is 24.2. The third kappa shape index (κ3) is 1.96. The largest absolute Gasteiger partial charge is 0.309 e. The van der Waals surface area contributed by atoms with Crippen LogP contribution in [0.25, 0.3) is 0 Å². The van der Waals surface area contributed by atoms with E-state index in [-0.39, 0.29) is 12.0 Å². The van der Waals surface area contributed by atoms with Gasteiger partial charge in [0.05, 0.1) is 0 Å². The zero-order chi connectivity index (χ0) is 11.7. The average Bonchev–Trinajstić information content (AvgIpc) is 2.21. The molecule has 88 valence electrons. The molecular weight excluding hydrogens is 208 g/mol. The van der Waals surface area contributed by atoms with Crippen molar-refractivity contribution in [2.45, 2.75) is 38.6 Å². The lowest BCUT2D eigenvalue weighted by atomic mass is 9.85. The van der Waals surface area contributed by atoms with Crippen molar-refractivity contribution in [2.24, 2.45) is 0 Å². The molecule has 1 N–H and O–H groups in total. The standard InChI is InChI=1S/C13H17F2N/c1-3-4-12-10-5-9(14)6-11(15)13(10)8(2)7-16-12/h5-6,8,12,16H,3-4,7H2,1-2H3. The fourth-order valence-electron chi connectivity index (χ4n) is 2.49. The molecule has 1 heterocycles. The first kappa shape index (κ1) is 11.5. The Morgan fingerprint density at radius 2 is 2.12 bits per heavy atom. The van der Waals surface area contributed by atoms with E-state index in [1.165, 1.54) is 6.07 Å². The van der Waals surface area contributed by atoms with Gasteiger partial charge >= 0.3 is 0 Å². The highest BCUT2D eigenvalue weighted by atomic mass is 19.1. The molecule has 0 fully saturated rings. The second-order valence-corrected chi connectivity index (χ2v) is 4.54. The molecule has 1 aromatic rings. The highest BCUT2D eigenvalue weighted by Crippen LogP contribution is 2.34. The fourth-order valence-corrected chi connectivity index (χ4v) is 2.49. The number of benzene rings is 1. The van der Waals surface area contributed by atoms with Crippen molar-refractivity contribution in [1.82, 2.24) is 5.32 Å². The Kier molecular flexibility index (Phi) is 3.24. The lowest BCUT2D eigenvalue weighted by Gasteiger charge is -2.31.